The van der Waals surface area contributed by atoms with Gasteiger partial charge in [-0.1, -0.05) is 39.0 Å². The van der Waals surface area contributed by atoms with E-state index in [0.717, 1.165) is 5.92 Å². The molecule has 2 N–H and O–H groups in total. The van der Waals surface area contributed by atoms with Gasteiger partial charge in [0, 0.05) is 12.5 Å². The molecule has 0 heterocycles. The van der Waals surface area contributed by atoms with Crippen LogP contribution in [0.3, 0.4) is 0 Å². The molecule has 1 aliphatic carbocycles. The molecule has 2 unspecified atom stereocenters. The monoisotopic (exact) mass is 227 g/mol. The van der Waals surface area contributed by atoms with Crippen molar-refractivity contribution in [1.29, 1.82) is 0 Å². The van der Waals surface area contributed by atoms with Gasteiger partial charge in [0.15, 0.2) is 0 Å². The molecule has 16 heavy (non-hydrogen) atoms. The summed E-state index contributed by atoms with van der Waals surface area (Å²) >= 11 is 0. The minimum absolute atomic E-state index is 0.0174. The Bertz CT molecular complexity index is 212. The Labute approximate surface area is 98.6 Å². The van der Waals surface area contributed by atoms with Gasteiger partial charge in [-0.2, -0.15) is 0 Å². The highest BCUT2D eigenvalue weighted by Crippen LogP contribution is 2.31. The lowest BCUT2D eigenvalue weighted by Crippen LogP contribution is -2.36. The van der Waals surface area contributed by atoms with Crippen LogP contribution in [0.25, 0.3) is 0 Å². The molecule has 3 nitrogen and oxygen atoms in total. The van der Waals surface area contributed by atoms with E-state index in [1.165, 1.54) is 32.1 Å². The molecule has 0 aromatic rings. The van der Waals surface area contributed by atoms with Crippen molar-refractivity contribution in [3.05, 3.63) is 0 Å². The number of aliphatic hydroxyl groups excluding tert-OH is 1. The molecule has 0 aliphatic heterocycles. The molecular formula is C13H25NO2. The number of nitrogens with one attached hydrogen (secondary N) is 1. The summed E-state index contributed by atoms with van der Waals surface area (Å²) in [6.07, 6.45) is 7.17. The average Bonchev–Trinajstić information content (AvgIpc) is 2.29. The maximum Gasteiger partial charge on any atom is 0.220 e. The van der Waals surface area contributed by atoms with E-state index in [1.807, 2.05) is 6.92 Å². The minimum Gasteiger partial charge on any atom is -0.394 e. The first-order valence-electron chi connectivity index (χ1n) is 6.53. The summed E-state index contributed by atoms with van der Waals surface area (Å²) in [5.74, 6) is 1.29. The van der Waals surface area contributed by atoms with Crippen LogP contribution in [0.1, 0.15) is 52.4 Å². The van der Waals surface area contributed by atoms with E-state index in [1.54, 1.807) is 0 Å². The van der Waals surface area contributed by atoms with E-state index in [2.05, 4.69) is 12.2 Å². The Kier molecular flexibility index (Phi) is 5.81. The second-order valence-electron chi connectivity index (χ2n) is 5.23. The first-order chi connectivity index (χ1) is 7.63. The largest absolute Gasteiger partial charge is 0.394 e. The van der Waals surface area contributed by atoms with E-state index >= 15 is 0 Å². The van der Waals surface area contributed by atoms with Crippen molar-refractivity contribution < 1.29 is 9.90 Å². The number of hydrogen-bond acceptors (Lipinski definition) is 2. The third kappa shape index (κ3) is 4.52. The van der Waals surface area contributed by atoms with Crippen LogP contribution < -0.4 is 5.32 Å². The molecule has 0 aromatic heterocycles. The Balaban J connectivity index is 2.26. The molecule has 94 valence electrons. The van der Waals surface area contributed by atoms with E-state index < -0.39 is 0 Å². The van der Waals surface area contributed by atoms with Gasteiger partial charge in [0.05, 0.1) is 6.61 Å². The van der Waals surface area contributed by atoms with Gasteiger partial charge in [-0.05, 0) is 18.8 Å². The summed E-state index contributed by atoms with van der Waals surface area (Å²) in [5.41, 5.74) is 0. The second-order valence-corrected chi connectivity index (χ2v) is 5.23. The average molecular weight is 227 g/mol. The Morgan fingerprint density at radius 2 is 1.94 bits per heavy atom. The maximum absolute atomic E-state index is 11.6. The van der Waals surface area contributed by atoms with Gasteiger partial charge in [-0.15, -0.1) is 0 Å². The van der Waals surface area contributed by atoms with Crippen molar-refractivity contribution >= 4 is 5.91 Å². The first kappa shape index (κ1) is 13.5. The van der Waals surface area contributed by atoms with Crippen molar-refractivity contribution in [3.8, 4) is 0 Å². The van der Waals surface area contributed by atoms with E-state index in [4.69, 9.17) is 5.11 Å². The number of carbonyl (C=O) groups excluding carboxylic acids is 1. The summed E-state index contributed by atoms with van der Waals surface area (Å²) in [5, 5.41) is 11.7. The molecule has 2 atom stereocenters. The summed E-state index contributed by atoms with van der Waals surface area (Å²) in [7, 11) is 0. The molecular weight excluding hydrogens is 202 g/mol. The molecule has 0 spiro atoms. The lowest BCUT2D eigenvalue weighted by molar-refractivity contribution is -0.123. The van der Waals surface area contributed by atoms with Crippen molar-refractivity contribution in [2.75, 3.05) is 6.61 Å². The van der Waals surface area contributed by atoms with Crippen LogP contribution >= 0.6 is 0 Å². The second kappa shape index (κ2) is 6.89. The summed E-state index contributed by atoms with van der Waals surface area (Å²) in [4.78, 5) is 11.6. The van der Waals surface area contributed by atoms with Crippen molar-refractivity contribution in [2.45, 2.75) is 58.4 Å². The highest BCUT2D eigenvalue weighted by molar-refractivity contribution is 5.76. The van der Waals surface area contributed by atoms with Crippen LogP contribution in [0.2, 0.25) is 0 Å². The smallest absolute Gasteiger partial charge is 0.220 e. The van der Waals surface area contributed by atoms with Crippen LogP contribution in [0.15, 0.2) is 0 Å². The van der Waals surface area contributed by atoms with Gasteiger partial charge >= 0.3 is 0 Å². The Morgan fingerprint density at radius 3 is 2.50 bits per heavy atom. The van der Waals surface area contributed by atoms with Gasteiger partial charge in [0.2, 0.25) is 5.91 Å². The van der Waals surface area contributed by atoms with Crippen LogP contribution in [0.5, 0.6) is 0 Å². The van der Waals surface area contributed by atoms with Crippen molar-refractivity contribution in [3.63, 3.8) is 0 Å². The molecule has 0 saturated heterocycles. The fraction of sp³-hybridized carbons (Fsp3) is 0.923. The van der Waals surface area contributed by atoms with Gasteiger partial charge in [-0.25, -0.2) is 0 Å². The molecule has 1 rings (SSSR count). The quantitative estimate of drug-likeness (QED) is 0.755. The number of carbonyl (C=O) groups is 1. The molecule has 1 aliphatic rings. The van der Waals surface area contributed by atoms with E-state index in [9.17, 15) is 4.79 Å². The van der Waals surface area contributed by atoms with Gasteiger partial charge in [-0.3, -0.25) is 4.79 Å². The highest BCUT2D eigenvalue weighted by Gasteiger charge is 2.22. The summed E-state index contributed by atoms with van der Waals surface area (Å²) < 4.78 is 0. The van der Waals surface area contributed by atoms with Crippen LogP contribution in [0, 0.1) is 11.8 Å². The fourth-order valence-corrected chi connectivity index (χ4v) is 2.54. The number of hydrogen-bond donors (Lipinski definition) is 2. The first-order valence-corrected chi connectivity index (χ1v) is 6.53. The molecule has 3 heteroatoms. The van der Waals surface area contributed by atoms with E-state index in [-0.39, 0.29) is 18.6 Å². The third-order valence-electron chi connectivity index (χ3n) is 3.64. The van der Waals surface area contributed by atoms with Crippen LogP contribution in [-0.4, -0.2) is 23.7 Å². The fourth-order valence-electron chi connectivity index (χ4n) is 2.54. The lowest BCUT2D eigenvalue weighted by Gasteiger charge is -2.27. The Hall–Kier alpha value is -0.570. The zero-order valence-electron chi connectivity index (χ0n) is 10.5. The topological polar surface area (TPSA) is 49.3 Å². The molecule has 0 radical (unpaired) electrons. The van der Waals surface area contributed by atoms with Gasteiger partial charge in [0.25, 0.3) is 0 Å². The predicted molar refractivity (Wildman–Crippen MR) is 65.0 cm³/mol. The summed E-state index contributed by atoms with van der Waals surface area (Å²) in [6.45, 7) is 4.02. The normalized spacial score (nSPS) is 21.4. The van der Waals surface area contributed by atoms with Crippen molar-refractivity contribution in [2.24, 2.45) is 11.8 Å². The number of rotatable bonds is 5. The van der Waals surface area contributed by atoms with Crippen LogP contribution in [-0.2, 0) is 4.79 Å². The maximum atomic E-state index is 11.6. The lowest BCUT2D eigenvalue weighted by atomic mass is 9.79. The zero-order valence-corrected chi connectivity index (χ0v) is 10.5. The molecule has 1 fully saturated rings. The van der Waals surface area contributed by atoms with Gasteiger partial charge < -0.3 is 10.4 Å². The molecule has 1 saturated carbocycles. The number of aliphatic hydroxyl groups is 1. The Morgan fingerprint density at radius 1 is 1.31 bits per heavy atom. The molecule has 0 aromatic carbocycles. The predicted octanol–water partition coefficient (Wildman–Crippen LogP) is 2.09. The zero-order chi connectivity index (χ0) is 12.0. The van der Waals surface area contributed by atoms with E-state index in [0.29, 0.717) is 12.3 Å². The minimum atomic E-state index is -0.119. The highest BCUT2D eigenvalue weighted by atomic mass is 16.3. The van der Waals surface area contributed by atoms with Crippen LogP contribution in [0.4, 0.5) is 0 Å². The summed E-state index contributed by atoms with van der Waals surface area (Å²) in [6, 6.07) is -0.119. The SMILES string of the molecule is CC(CO)NC(=O)CC(C)C1CCCCC1. The molecule has 1 amide bonds. The standard InChI is InChI=1S/C13H25NO2/c1-10(12-6-4-3-5-7-12)8-13(16)14-11(2)9-15/h10-12,15H,3-9H2,1-2H3,(H,14,16). The molecule has 0 bridgehead atoms. The van der Waals surface area contributed by atoms with Gasteiger partial charge in [0.1, 0.15) is 0 Å². The van der Waals surface area contributed by atoms with Crippen molar-refractivity contribution in [1.82, 2.24) is 5.32 Å². The number of amides is 1. The third-order valence-corrected chi connectivity index (χ3v) is 3.64.